The van der Waals surface area contributed by atoms with Crippen molar-refractivity contribution in [2.75, 3.05) is 17.7 Å². The summed E-state index contributed by atoms with van der Waals surface area (Å²) >= 11 is 6.16. The minimum atomic E-state index is -0.468. The Morgan fingerprint density at radius 3 is 2.56 bits per heavy atom. The lowest BCUT2D eigenvalue weighted by Gasteiger charge is -2.13. The summed E-state index contributed by atoms with van der Waals surface area (Å²) in [4.78, 5) is 33.8. The summed E-state index contributed by atoms with van der Waals surface area (Å²) in [6.07, 6.45) is 0. The predicted octanol–water partition coefficient (Wildman–Crippen LogP) is 4.67. The molecule has 1 heterocycles. The number of aliphatic hydroxyl groups excluding tert-OH is 1. The van der Waals surface area contributed by atoms with Gasteiger partial charge in [-0.25, -0.2) is 4.98 Å². The van der Waals surface area contributed by atoms with Gasteiger partial charge in [0, 0.05) is 34.6 Å². The first-order valence-corrected chi connectivity index (χ1v) is 10.9. The lowest BCUT2D eigenvalue weighted by Crippen LogP contribution is -2.16. The monoisotopic (exact) mass is 478 g/mol. The Morgan fingerprint density at radius 2 is 1.82 bits per heavy atom. The molecule has 0 aliphatic heterocycles. The summed E-state index contributed by atoms with van der Waals surface area (Å²) in [5, 5.41) is 15.7. The highest BCUT2D eigenvalue weighted by Gasteiger charge is 2.19. The SMILES string of the molecule is COCc1nc2c(C(=O)Nc3cccc(Cl)c3CO)cc(NC(=O)c3ccccc3C)cc2[nH]1. The van der Waals surface area contributed by atoms with Crippen molar-refractivity contribution in [3.05, 3.63) is 87.7 Å². The Kier molecular flexibility index (Phi) is 6.93. The number of imidazole rings is 1. The number of amides is 2. The van der Waals surface area contributed by atoms with Crippen molar-refractivity contribution in [2.45, 2.75) is 20.1 Å². The van der Waals surface area contributed by atoms with Gasteiger partial charge in [-0.3, -0.25) is 9.59 Å². The topological polar surface area (TPSA) is 116 Å². The van der Waals surface area contributed by atoms with Crippen molar-refractivity contribution in [3.63, 3.8) is 0 Å². The van der Waals surface area contributed by atoms with Crippen LogP contribution in [0.5, 0.6) is 0 Å². The van der Waals surface area contributed by atoms with Crippen molar-refractivity contribution >= 4 is 45.8 Å². The third kappa shape index (κ3) is 4.79. The number of hydrogen-bond donors (Lipinski definition) is 4. The number of halogens is 1. The maximum atomic E-state index is 13.3. The van der Waals surface area contributed by atoms with Gasteiger partial charge in [0.1, 0.15) is 17.9 Å². The molecule has 174 valence electrons. The molecule has 0 saturated heterocycles. The highest BCUT2D eigenvalue weighted by Crippen LogP contribution is 2.28. The van der Waals surface area contributed by atoms with E-state index in [4.69, 9.17) is 16.3 Å². The van der Waals surface area contributed by atoms with Crippen LogP contribution in [-0.2, 0) is 18.0 Å². The average molecular weight is 479 g/mol. The Labute approximate surface area is 200 Å². The van der Waals surface area contributed by atoms with Crippen LogP contribution in [0, 0.1) is 6.92 Å². The largest absolute Gasteiger partial charge is 0.392 e. The van der Waals surface area contributed by atoms with Crippen LogP contribution in [0.15, 0.2) is 54.6 Å². The van der Waals surface area contributed by atoms with Crippen LogP contribution in [0.2, 0.25) is 5.02 Å². The molecule has 0 saturated carbocycles. The molecular weight excluding hydrogens is 456 g/mol. The summed E-state index contributed by atoms with van der Waals surface area (Å²) in [6.45, 7) is 1.74. The number of carbonyl (C=O) groups excluding carboxylic acids is 2. The average Bonchev–Trinajstić information content (AvgIpc) is 3.21. The van der Waals surface area contributed by atoms with Crippen molar-refractivity contribution in [3.8, 4) is 0 Å². The summed E-state index contributed by atoms with van der Waals surface area (Å²) in [7, 11) is 1.55. The lowest BCUT2D eigenvalue weighted by atomic mass is 10.1. The van der Waals surface area contributed by atoms with E-state index in [-0.39, 0.29) is 24.7 Å². The number of rotatable bonds is 7. The fraction of sp³-hybridized carbons (Fsp3) is 0.160. The van der Waals surface area contributed by atoms with E-state index in [9.17, 15) is 14.7 Å². The molecule has 34 heavy (non-hydrogen) atoms. The number of nitrogens with one attached hydrogen (secondary N) is 3. The molecule has 9 heteroatoms. The number of methoxy groups -OCH3 is 1. The van der Waals surface area contributed by atoms with E-state index < -0.39 is 5.91 Å². The zero-order chi connectivity index (χ0) is 24.2. The molecule has 0 unspecified atom stereocenters. The van der Waals surface area contributed by atoms with Gasteiger partial charge < -0.3 is 25.5 Å². The standard InChI is InChI=1S/C25H23ClN4O4/c1-14-6-3-4-7-16(14)24(32)27-15-10-17(23-21(11-15)28-22(30-23)13-34-2)25(33)29-20-9-5-8-19(26)18(20)12-31/h3-11,31H,12-13H2,1-2H3,(H,27,32)(H,28,30)(H,29,33). The van der Waals surface area contributed by atoms with Crippen molar-refractivity contribution in [1.29, 1.82) is 0 Å². The number of aliphatic hydroxyl groups is 1. The minimum absolute atomic E-state index is 0.226. The molecule has 4 rings (SSSR count). The smallest absolute Gasteiger partial charge is 0.258 e. The van der Waals surface area contributed by atoms with E-state index in [1.807, 2.05) is 19.1 Å². The number of hydrogen-bond acceptors (Lipinski definition) is 5. The van der Waals surface area contributed by atoms with Crippen LogP contribution >= 0.6 is 11.6 Å². The number of aryl methyl sites for hydroxylation is 1. The zero-order valence-corrected chi connectivity index (χ0v) is 19.4. The number of nitrogens with zero attached hydrogens (tertiary/aromatic N) is 1. The number of benzene rings is 3. The zero-order valence-electron chi connectivity index (χ0n) is 18.6. The number of aromatic nitrogens is 2. The molecule has 0 radical (unpaired) electrons. The molecule has 0 spiro atoms. The Morgan fingerprint density at radius 1 is 1.06 bits per heavy atom. The quantitative estimate of drug-likeness (QED) is 0.308. The molecule has 0 aliphatic rings. The van der Waals surface area contributed by atoms with E-state index in [1.54, 1.807) is 49.6 Å². The fourth-order valence-corrected chi connectivity index (χ4v) is 3.91. The van der Waals surface area contributed by atoms with Crippen LogP contribution in [0.1, 0.15) is 37.7 Å². The molecule has 0 bridgehead atoms. The van der Waals surface area contributed by atoms with Gasteiger partial charge in [-0.05, 0) is 42.8 Å². The van der Waals surface area contributed by atoms with Gasteiger partial charge in [-0.2, -0.15) is 0 Å². The van der Waals surface area contributed by atoms with Crippen LogP contribution in [0.25, 0.3) is 11.0 Å². The van der Waals surface area contributed by atoms with Gasteiger partial charge in [0.2, 0.25) is 0 Å². The molecule has 4 aromatic rings. The van der Waals surface area contributed by atoms with E-state index >= 15 is 0 Å². The third-order valence-electron chi connectivity index (χ3n) is 5.33. The molecule has 3 aromatic carbocycles. The van der Waals surface area contributed by atoms with Crippen LogP contribution in [0.3, 0.4) is 0 Å². The first kappa shape index (κ1) is 23.4. The Bertz CT molecular complexity index is 1380. The summed E-state index contributed by atoms with van der Waals surface area (Å²) in [6, 6.07) is 15.5. The second-order valence-electron chi connectivity index (χ2n) is 7.68. The van der Waals surface area contributed by atoms with Crippen LogP contribution in [0.4, 0.5) is 11.4 Å². The highest BCUT2D eigenvalue weighted by atomic mass is 35.5. The van der Waals surface area contributed by atoms with Gasteiger partial charge >= 0.3 is 0 Å². The second-order valence-corrected chi connectivity index (χ2v) is 8.09. The molecule has 0 fully saturated rings. The minimum Gasteiger partial charge on any atom is -0.392 e. The molecule has 0 atom stereocenters. The number of H-pyrrole nitrogens is 1. The third-order valence-corrected chi connectivity index (χ3v) is 5.69. The lowest BCUT2D eigenvalue weighted by molar-refractivity contribution is 0.101. The van der Waals surface area contributed by atoms with E-state index in [0.717, 1.165) is 5.56 Å². The van der Waals surface area contributed by atoms with E-state index in [1.165, 1.54) is 0 Å². The molecule has 2 amide bonds. The number of ether oxygens (including phenoxy) is 1. The maximum Gasteiger partial charge on any atom is 0.258 e. The number of carbonyl (C=O) groups is 2. The summed E-state index contributed by atoms with van der Waals surface area (Å²) < 4.78 is 5.16. The summed E-state index contributed by atoms with van der Waals surface area (Å²) in [5.41, 5.74) is 3.80. The predicted molar refractivity (Wildman–Crippen MR) is 131 cm³/mol. The van der Waals surface area contributed by atoms with Gasteiger partial charge in [0.25, 0.3) is 11.8 Å². The Balaban J connectivity index is 1.74. The first-order valence-electron chi connectivity index (χ1n) is 10.5. The molecule has 1 aromatic heterocycles. The van der Waals surface area contributed by atoms with Crippen LogP contribution in [-0.4, -0.2) is 34.0 Å². The number of fused-ring (bicyclic) bond motifs is 1. The van der Waals surface area contributed by atoms with Crippen molar-refractivity contribution < 1.29 is 19.4 Å². The second kappa shape index (κ2) is 10.0. The number of anilines is 2. The van der Waals surface area contributed by atoms with Gasteiger partial charge in [0.15, 0.2) is 0 Å². The van der Waals surface area contributed by atoms with Crippen molar-refractivity contribution in [2.24, 2.45) is 0 Å². The molecular formula is C25H23ClN4O4. The molecule has 0 aliphatic carbocycles. The van der Waals surface area contributed by atoms with Gasteiger partial charge in [-0.1, -0.05) is 35.9 Å². The van der Waals surface area contributed by atoms with Crippen molar-refractivity contribution in [1.82, 2.24) is 9.97 Å². The fourth-order valence-electron chi connectivity index (χ4n) is 3.67. The summed E-state index contributed by atoms with van der Waals surface area (Å²) in [5.74, 6) is -0.227. The number of aromatic amines is 1. The maximum absolute atomic E-state index is 13.3. The normalized spacial score (nSPS) is 10.9. The molecule has 4 N–H and O–H groups in total. The van der Waals surface area contributed by atoms with Crippen LogP contribution < -0.4 is 10.6 Å². The van der Waals surface area contributed by atoms with E-state index in [2.05, 4.69) is 20.6 Å². The molecule has 8 nitrogen and oxygen atoms in total. The first-order chi connectivity index (χ1) is 16.4. The van der Waals surface area contributed by atoms with Gasteiger partial charge in [-0.15, -0.1) is 0 Å². The highest BCUT2D eigenvalue weighted by molar-refractivity contribution is 6.32. The van der Waals surface area contributed by atoms with Gasteiger partial charge in [0.05, 0.1) is 17.7 Å². The Hall–Kier alpha value is -3.72. The van der Waals surface area contributed by atoms with E-state index in [0.29, 0.717) is 44.4 Å².